The van der Waals surface area contributed by atoms with Crippen molar-refractivity contribution >= 4 is 49.7 Å². The molecule has 3 heterocycles. The molecule has 7 heteroatoms. The van der Waals surface area contributed by atoms with Crippen LogP contribution in [0.3, 0.4) is 0 Å². The summed E-state index contributed by atoms with van der Waals surface area (Å²) < 4.78 is 1.19. The lowest BCUT2D eigenvalue weighted by Crippen LogP contribution is -2.48. The van der Waals surface area contributed by atoms with E-state index in [1.165, 1.54) is 23.0 Å². The fourth-order valence-electron chi connectivity index (χ4n) is 2.91. The van der Waals surface area contributed by atoms with Crippen molar-refractivity contribution in [3.8, 4) is 0 Å². The Kier molecular flexibility index (Phi) is 4.27. The van der Waals surface area contributed by atoms with E-state index >= 15 is 0 Å². The fourth-order valence-corrected chi connectivity index (χ4v) is 4.71. The lowest BCUT2D eigenvalue weighted by atomic mass is 10.2. The minimum Gasteiger partial charge on any atom is -0.345 e. The minimum atomic E-state index is 0.00436. The number of carbonyl (C=O) groups excluding carboxylic acids is 2. The summed E-state index contributed by atoms with van der Waals surface area (Å²) in [5.41, 5.74) is 1.64. The molecule has 1 amide bonds. The number of aromatic nitrogens is 1. The molecular weight excluding hydrogens is 354 g/mol. The van der Waals surface area contributed by atoms with Gasteiger partial charge in [-0.1, -0.05) is 23.5 Å². The molecule has 2 aromatic heterocycles. The second-order valence-corrected chi connectivity index (χ2v) is 7.92. The first-order valence-corrected chi connectivity index (χ1v) is 9.81. The van der Waals surface area contributed by atoms with E-state index in [1.807, 2.05) is 23.1 Å². The molecule has 0 N–H and O–H groups in total. The number of fused-ring (bicyclic) bond motifs is 1. The summed E-state index contributed by atoms with van der Waals surface area (Å²) in [5.74, 6) is 0.0115. The third-order valence-electron chi connectivity index (χ3n) is 4.31. The molecule has 1 aromatic carbocycles. The lowest BCUT2D eigenvalue weighted by Gasteiger charge is -2.34. The van der Waals surface area contributed by atoms with Crippen molar-refractivity contribution in [3.63, 3.8) is 0 Å². The topological polar surface area (TPSA) is 53.5 Å². The van der Waals surface area contributed by atoms with Crippen LogP contribution in [0.4, 0.5) is 5.13 Å². The van der Waals surface area contributed by atoms with Gasteiger partial charge in [0.1, 0.15) is 0 Å². The van der Waals surface area contributed by atoms with Gasteiger partial charge in [-0.2, -0.15) is 0 Å². The van der Waals surface area contributed by atoms with Crippen molar-refractivity contribution in [1.29, 1.82) is 0 Å². The highest BCUT2D eigenvalue weighted by Crippen LogP contribution is 2.29. The molecule has 1 saturated heterocycles. The number of benzene rings is 1. The van der Waals surface area contributed by atoms with Crippen LogP contribution in [0.25, 0.3) is 10.2 Å². The molecule has 0 unspecified atom stereocenters. The second kappa shape index (κ2) is 6.57. The Morgan fingerprint density at radius 2 is 1.88 bits per heavy atom. The van der Waals surface area contributed by atoms with E-state index in [0.717, 1.165) is 23.7 Å². The number of rotatable bonds is 3. The standard InChI is InChI=1S/C18H17N3O2S2/c1-12(22)16-10-13(11-24-16)17(23)20-6-8-21(9-7-20)18-19-14-4-2-3-5-15(14)25-18/h2-5,10-11H,6-9H2,1H3. The van der Waals surface area contributed by atoms with E-state index in [4.69, 9.17) is 4.98 Å². The Bertz CT molecular complexity index is 906. The summed E-state index contributed by atoms with van der Waals surface area (Å²) in [5, 5.41) is 2.79. The molecule has 0 aliphatic carbocycles. The van der Waals surface area contributed by atoms with Crippen molar-refractivity contribution in [2.75, 3.05) is 31.1 Å². The quantitative estimate of drug-likeness (QED) is 0.661. The summed E-state index contributed by atoms with van der Waals surface area (Å²) in [7, 11) is 0. The first-order chi connectivity index (χ1) is 12.1. The van der Waals surface area contributed by atoms with Gasteiger partial charge in [-0.25, -0.2) is 4.98 Å². The van der Waals surface area contributed by atoms with Crippen molar-refractivity contribution < 1.29 is 9.59 Å². The molecule has 5 nitrogen and oxygen atoms in total. The third-order valence-corrected chi connectivity index (χ3v) is 6.44. The van der Waals surface area contributed by atoms with E-state index < -0.39 is 0 Å². The number of thiazole rings is 1. The maximum atomic E-state index is 12.6. The number of carbonyl (C=O) groups is 2. The number of hydrogen-bond donors (Lipinski definition) is 0. The smallest absolute Gasteiger partial charge is 0.254 e. The number of hydrogen-bond acceptors (Lipinski definition) is 6. The number of Topliss-reactive ketones (excluding diaryl/α,β-unsaturated/α-hetero) is 1. The van der Waals surface area contributed by atoms with Crippen molar-refractivity contribution in [3.05, 3.63) is 46.2 Å². The molecule has 1 fully saturated rings. The Balaban J connectivity index is 1.43. The minimum absolute atomic E-state index is 0.00436. The van der Waals surface area contributed by atoms with Gasteiger partial charge in [-0.05, 0) is 25.1 Å². The third kappa shape index (κ3) is 3.17. The number of ketones is 1. The van der Waals surface area contributed by atoms with E-state index in [-0.39, 0.29) is 11.7 Å². The highest BCUT2D eigenvalue weighted by atomic mass is 32.1. The Morgan fingerprint density at radius 3 is 2.56 bits per heavy atom. The van der Waals surface area contributed by atoms with Gasteiger partial charge in [0.25, 0.3) is 5.91 Å². The number of para-hydroxylation sites is 1. The summed E-state index contributed by atoms with van der Waals surface area (Å²) in [6.45, 7) is 4.40. The zero-order chi connectivity index (χ0) is 17.4. The average Bonchev–Trinajstić information content (AvgIpc) is 3.28. The molecule has 25 heavy (non-hydrogen) atoms. The van der Waals surface area contributed by atoms with Crippen LogP contribution in [0, 0.1) is 0 Å². The van der Waals surface area contributed by atoms with Gasteiger partial charge in [-0.15, -0.1) is 11.3 Å². The van der Waals surface area contributed by atoms with Gasteiger partial charge in [0.15, 0.2) is 10.9 Å². The van der Waals surface area contributed by atoms with Gasteiger partial charge >= 0.3 is 0 Å². The van der Waals surface area contributed by atoms with E-state index in [1.54, 1.807) is 22.8 Å². The zero-order valence-electron chi connectivity index (χ0n) is 13.8. The summed E-state index contributed by atoms with van der Waals surface area (Å²) in [6.07, 6.45) is 0. The molecular formula is C18H17N3O2S2. The van der Waals surface area contributed by atoms with Gasteiger partial charge in [0.2, 0.25) is 0 Å². The van der Waals surface area contributed by atoms with E-state index in [2.05, 4.69) is 11.0 Å². The molecule has 0 saturated carbocycles. The SMILES string of the molecule is CC(=O)c1cc(C(=O)N2CCN(c3nc4ccccc4s3)CC2)cs1. The maximum absolute atomic E-state index is 12.6. The highest BCUT2D eigenvalue weighted by Gasteiger charge is 2.24. The number of anilines is 1. The number of piperazine rings is 1. The molecule has 0 bridgehead atoms. The largest absolute Gasteiger partial charge is 0.345 e. The monoisotopic (exact) mass is 371 g/mol. The maximum Gasteiger partial charge on any atom is 0.254 e. The predicted molar refractivity (Wildman–Crippen MR) is 102 cm³/mol. The first-order valence-electron chi connectivity index (χ1n) is 8.11. The fraction of sp³-hybridized carbons (Fsp3) is 0.278. The van der Waals surface area contributed by atoms with Crippen LogP contribution >= 0.6 is 22.7 Å². The average molecular weight is 371 g/mol. The van der Waals surface area contributed by atoms with Crippen molar-refractivity contribution in [1.82, 2.24) is 9.88 Å². The Morgan fingerprint density at radius 1 is 1.12 bits per heavy atom. The molecule has 1 aliphatic heterocycles. The van der Waals surface area contributed by atoms with Crippen LogP contribution < -0.4 is 4.90 Å². The van der Waals surface area contributed by atoms with E-state index in [0.29, 0.717) is 23.5 Å². The summed E-state index contributed by atoms with van der Waals surface area (Å²) in [4.78, 5) is 33.4. The Hall–Kier alpha value is -2.25. The lowest BCUT2D eigenvalue weighted by molar-refractivity contribution is 0.0747. The molecule has 4 rings (SSSR count). The van der Waals surface area contributed by atoms with Crippen molar-refractivity contribution in [2.45, 2.75) is 6.92 Å². The number of thiophene rings is 1. The molecule has 3 aromatic rings. The van der Waals surface area contributed by atoms with Crippen LogP contribution in [0.1, 0.15) is 27.0 Å². The van der Waals surface area contributed by atoms with Gasteiger partial charge < -0.3 is 9.80 Å². The van der Waals surface area contributed by atoms with Crippen LogP contribution in [0.5, 0.6) is 0 Å². The number of nitrogens with zero attached hydrogens (tertiary/aromatic N) is 3. The molecule has 128 valence electrons. The molecule has 0 atom stereocenters. The van der Waals surface area contributed by atoms with Crippen LogP contribution in [-0.4, -0.2) is 47.8 Å². The Labute approximate surface area is 153 Å². The molecule has 0 radical (unpaired) electrons. The van der Waals surface area contributed by atoms with Crippen LogP contribution in [0.2, 0.25) is 0 Å². The normalized spacial score (nSPS) is 14.9. The second-order valence-electron chi connectivity index (χ2n) is 6.00. The zero-order valence-corrected chi connectivity index (χ0v) is 15.4. The van der Waals surface area contributed by atoms with Gasteiger partial charge in [0.05, 0.1) is 20.7 Å². The van der Waals surface area contributed by atoms with Crippen molar-refractivity contribution in [2.24, 2.45) is 0 Å². The van der Waals surface area contributed by atoms with Gasteiger partial charge in [-0.3, -0.25) is 9.59 Å². The summed E-state index contributed by atoms with van der Waals surface area (Å²) >= 11 is 3.03. The van der Waals surface area contributed by atoms with Crippen LogP contribution in [0.15, 0.2) is 35.7 Å². The first kappa shape index (κ1) is 16.2. The van der Waals surface area contributed by atoms with E-state index in [9.17, 15) is 9.59 Å². The molecule has 0 spiro atoms. The van der Waals surface area contributed by atoms with Crippen LogP contribution in [-0.2, 0) is 0 Å². The highest BCUT2D eigenvalue weighted by molar-refractivity contribution is 7.22. The van der Waals surface area contributed by atoms with Gasteiger partial charge in [0, 0.05) is 31.6 Å². The predicted octanol–water partition coefficient (Wildman–Crippen LogP) is 3.52. The summed E-state index contributed by atoms with van der Waals surface area (Å²) in [6, 6.07) is 9.84. The molecule has 1 aliphatic rings. The number of amides is 1.